The summed E-state index contributed by atoms with van der Waals surface area (Å²) in [5.74, 6) is 0.889. The molecule has 2 fully saturated rings. The van der Waals surface area contributed by atoms with Gasteiger partial charge in [0.2, 0.25) is 0 Å². The van der Waals surface area contributed by atoms with Crippen molar-refractivity contribution in [1.29, 1.82) is 0 Å². The van der Waals surface area contributed by atoms with Crippen molar-refractivity contribution in [1.82, 2.24) is 20.2 Å². The highest BCUT2D eigenvalue weighted by atomic mass is 16.1. The second-order valence-electron chi connectivity index (χ2n) is 6.60. The molecular formula is C17H22N4O. The normalized spacial score (nSPS) is 20.4. The number of H-pyrrole nitrogens is 1. The molecule has 0 bridgehead atoms. The molecule has 2 aliphatic rings. The van der Waals surface area contributed by atoms with Gasteiger partial charge in [-0.2, -0.15) is 0 Å². The van der Waals surface area contributed by atoms with Crippen LogP contribution in [0.15, 0.2) is 24.4 Å². The Morgan fingerprint density at radius 1 is 1.23 bits per heavy atom. The molecule has 0 unspecified atom stereocenters. The zero-order valence-electron chi connectivity index (χ0n) is 12.7. The highest BCUT2D eigenvalue weighted by molar-refractivity contribution is 5.94. The first-order valence-electron chi connectivity index (χ1n) is 8.25. The number of aromatic amines is 1. The monoisotopic (exact) mass is 298 g/mol. The standard InChI is InChI=1S/C17H22N4O/c22-17(15-4-3-13-5-8-18-16(13)20-15)19-14-6-9-21(10-7-14)11-12-1-2-12/h3-5,8,12,14H,1-2,6-7,9-11H2,(H,18,20)(H,19,22). The molecule has 0 radical (unpaired) electrons. The van der Waals surface area contributed by atoms with Crippen molar-refractivity contribution in [3.05, 3.63) is 30.1 Å². The zero-order valence-corrected chi connectivity index (χ0v) is 12.7. The Labute approximate surface area is 130 Å². The number of hydrogen-bond acceptors (Lipinski definition) is 3. The van der Waals surface area contributed by atoms with Crippen molar-refractivity contribution in [2.45, 2.75) is 31.7 Å². The summed E-state index contributed by atoms with van der Waals surface area (Å²) in [5.41, 5.74) is 1.27. The van der Waals surface area contributed by atoms with Gasteiger partial charge < -0.3 is 15.2 Å². The second kappa shape index (κ2) is 5.72. The first kappa shape index (κ1) is 13.8. The Balaban J connectivity index is 1.33. The van der Waals surface area contributed by atoms with Crippen molar-refractivity contribution in [3.8, 4) is 0 Å². The Bertz CT molecular complexity index is 668. The maximum Gasteiger partial charge on any atom is 0.270 e. The van der Waals surface area contributed by atoms with Crippen molar-refractivity contribution >= 4 is 16.9 Å². The van der Waals surface area contributed by atoms with E-state index < -0.39 is 0 Å². The third kappa shape index (κ3) is 2.99. The quantitative estimate of drug-likeness (QED) is 0.909. The van der Waals surface area contributed by atoms with E-state index >= 15 is 0 Å². The summed E-state index contributed by atoms with van der Waals surface area (Å²) in [6.45, 7) is 3.46. The lowest BCUT2D eigenvalue weighted by Crippen LogP contribution is -2.45. The number of aromatic nitrogens is 2. The molecule has 22 heavy (non-hydrogen) atoms. The van der Waals surface area contributed by atoms with Gasteiger partial charge in [0, 0.05) is 37.3 Å². The molecule has 1 aliphatic heterocycles. The molecule has 0 spiro atoms. The maximum atomic E-state index is 12.3. The van der Waals surface area contributed by atoms with E-state index in [9.17, 15) is 4.79 Å². The number of carbonyl (C=O) groups excluding carboxylic acids is 1. The molecule has 3 heterocycles. The van der Waals surface area contributed by atoms with Crippen LogP contribution in [0.2, 0.25) is 0 Å². The number of carbonyl (C=O) groups is 1. The van der Waals surface area contributed by atoms with Crippen LogP contribution in [0.5, 0.6) is 0 Å². The van der Waals surface area contributed by atoms with E-state index in [0.717, 1.165) is 42.9 Å². The van der Waals surface area contributed by atoms with Crippen LogP contribution in [-0.2, 0) is 0 Å². The van der Waals surface area contributed by atoms with Gasteiger partial charge in [-0.1, -0.05) is 0 Å². The summed E-state index contributed by atoms with van der Waals surface area (Å²) in [6.07, 6.45) is 6.74. The molecule has 4 rings (SSSR count). The van der Waals surface area contributed by atoms with E-state index in [1.807, 2.05) is 18.3 Å². The van der Waals surface area contributed by atoms with Crippen molar-refractivity contribution < 1.29 is 4.79 Å². The van der Waals surface area contributed by atoms with E-state index in [2.05, 4.69) is 20.2 Å². The van der Waals surface area contributed by atoms with E-state index in [1.165, 1.54) is 19.4 Å². The van der Waals surface area contributed by atoms with E-state index in [-0.39, 0.29) is 11.9 Å². The molecule has 5 heteroatoms. The summed E-state index contributed by atoms with van der Waals surface area (Å²) < 4.78 is 0. The molecular weight excluding hydrogens is 276 g/mol. The third-order valence-corrected chi connectivity index (χ3v) is 4.78. The van der Waals surface area contributed by atoms with E-state index in [4.69, 9.17) is 0 Å². The lowest BCUT2D eigenvalue weighted by molar-refractivity contribution is 0.0905. The Hall–Kier alpha value is -1.88. The van der Waals surface area contributed by atoms with Crippen LogP contribution in [0.1, 0.15) is 36.2 Å². The maximum absolute atomic E-state index is 12.3. The van der Waals surface area contributed by atoms with Gasteiger partial charge in [0.25, 0.3) is 5.91 Å². The number of fused-ring (bicyclic) bond motifs is 1. The topological polar surface area (TPSA) is 61.0 Å². The molecule has 116 valence electrons. The number of nitrogens with one attached hydrogen (secondary N) is 2. The highest BCUT2D eigenvalue weighted by Gasteiger charge is 2.27. The fraction of sp³-hybridized carbons (Fsp3) is 0.529. The zero-order chi connectivity index (χ0) is 14.9. The fourth-order valence-corrected chi connectivity index (χ4v) is 3.24. The molecule has 1 saturated carbocycles. The second-order valence-corrected chi connectivity index (χ2v) is 6.60. The largest absolute Gasteiger partial charge is 0.348 e. The molecule has 1 saturated heterocycles. The van der Waals surface area contributed by atoms with Gasteiger partial charge in [0.1, 0.15) is 11.3 Å². The minimum absolute atomic E-state index is 0.0582. The van der Waals surface area contributed by atoms with E-state index in [1.54, 1.807) is 6.07 Å². The van der Waals surface area contributed by atoms with Gasteiger partial charge in [-0.15, -0.1) is 0 Å². The highest BCUT2D eigenvalue weighted by Crippen LogP contribution is 2.30. The summed E-state index contributed by atoms with van der Waals surface area (Å²) in [5, 5.41) is 4.17. The van der Waals surface area contributed by atoms with Gasteiger partial charge >= 0.3 is 0 Å². The van der Waals surface area contributed by atoms with Crippen molar-refractivity contribution in [2.24, 2.45) is 5.92 Å². The minimum atomic E-state index is -0.0582. The van der Waals surface area contributed by atoms with Crippen LogP contribution < -0.4 is 5.32 Å². The molecule has 0 atom stereocenters. The van der Waals surface area contributed by atoms with Crippen LogP contribution in [0.3, 0.4) is 0 Å². The molecule has 2 aromatic rings. The lowest BCUT2D eigenvalue weighted by atomic mass is 10.0. The summed E-state index contributed by atoms with van der Waals surface area (Å²) in [7, 11) is 0. The molecule has 1 aliphatic carbocycles. The minimum Gasteiger partial charge on any atom is -0.348 e. The first-order valence-corrected chi connectivity index (χ1v) is 8.25. The number of rotatable bonds is 4. The van der Waals surface area contributed by atoms with Crippen molar-refractivity contribution in [2.75, 3.05) is 19.6 Å². The number of piperidine rings is 1. The Morgan fingerprint density at radius 3 is 2.82 bits per heavy atom. The average Bonchev–Trinajstić information content (AvgIpc) is 3.22. The van der Waals surface area contributed by atoms with Crippen molar-refractivity contribution in [3.63, 3.8) is 0 Å². The SMILES string of the molecule is O=C(NC1CCN(CC2CC2)CC1)c1ccc2cc[nH]c2n1. The van der Waals surface area contributed by atoms with Gasteiger partial charge in [-0.05, 0) is 49.8 Å². The number of likely N-dealkylation sites (tertiary alicyclic amines) is 1. The molecule has 1 amide bonds. The molecule has 5 nitrogen and oxygen atoms in total. The first-order chi connectivity index (χ1) is 10.8. The summed E-state index contributed by atoms with van der Waals surface area (Å²) >= 11 is 0. The van der Waals surface area contributed by atoms with Crippen LogP contribution >= 0.6 is 0 Å². The van der Waals surface area contributed by atoms with Crippen LogP contribution in [0.25, 0.3) is 11.0 Å². The Kier molecular flexibility index (Phi) is 3.58. The lowest BCUT2D eigenvalue weighted by Gasteiger charge is -2.32. The number of amides is 1. The van der Waals surface area contributed by atoms with Gasteiger partial charge in [0.05, 0.1) is 0 Å². The average molecular weight is 298 g/mol. The molecule has 2 N–H and O–H groups in total. The van der Waals surface area contributed by atoms with Gasteiger partial charge in [-0.25, -0.2) is 4.98 Å². The molecule has 2 aromatic heterocycles. The smallest absolute Gasteiger partial charge is 0.270 e. The van der Waals surface area contributed by atoms with Gasteiger partial charge in [-0.3, -0.25) is 4.79 Å². The number of nitrogens with zero attached hydrogens (tertiary/aromatic N) is 2. The number of pyridine rings is 1. The van der Waals surface area contributed by atoms with Gasteiger partial charge in [0.15, 0.2) is 0 Å². The van der Waals surface area contributed by atoms with Crippen LogP contribution in [0, 0.1) is 5.92 Å². The van der Waals surface area contributed by atoms with E-state index in [0.29, 0.717) is 5.69 Å². The summed E-state index contributed by atoms with van der Waals surface area (Å²) in [4.78, 5) is 22.3. The molecule has 0 aromatic carbocycles. The van der Waals surface area contributed by atoms with Crippen LogP contribution in [-0.4, -0.2) is 46.5 Å². The fourth-order valence-electron chi connectivity index (χ4n) is 3.24. The predicted molar refractivity (Wildman–Crippen MR) is 85.7 cm³/mol. The predicted octanol–water partition coefficient (Wildman–Crippen LogP) is 2.17. The summed E-state index contributed by atoms with van der Waals surface area (Å²) in [6, 6.07) is 5.98. The third-order valence-electron chi connectivity index (χ3n) is 4.78. The Morgan fingerprint density at radius 2 is 2.05 bits per heavy atom. The number of hydrogen-bond donors (Lipinski definition) is 2. The van der Waals surface area contributed by atoms with Crippen LogP contribution in [0.4, 0.5) is 0 Å².